The van der Waals surface area contributed by atoms with Crippen molar-refractivity contribution in [3.05, 3.63) is 60.0 Å². The number of oxazole rings is 1. The van der Waals surface area contributed by atoms with Crippen LogP contribution in [0.2, 0.25) is 0 Å². The first kappa shape index (κ1) is 20.8. The molecule has 0 aliphatic carbocycles. The Kier molecular flexibility index (Phi) is 6.95. The number of nitrogens with one attached hydrogen (secondary N) is 1. The van der Waals surface area contributed by atoms with Crippen LogP contribution in [-0.4, -0.2) is 31.2 Å². The smallest absolute Gasteiger partial charge is 0.255 e. The van der Waals surface area contributed by atoms with Crippen LogP contribution >= 0.6 is 0 Å². The minimum absolute atomic E-state index is 0.117. The van der Waals surface area contributed by atoms with E-state index in [9.17, 15) is 4.79 Å². The van der Waals surface area contributed by atoms with Crippen molar-refractivity contribution in [2.45, 2.75) is 13.5 Å². The summed E-state index contributed by atoms with van der Waals surface area (Å²) in [6, 6.07) is 12.4. The van der Waals surface area contributed by atoms with Gasteiger partial charge in [0.1, 0.15) is 18.6 Å². The van der Waals surface area contributed by atoms with Crippen LogP contribution in [0.3, 0.4) is 0 Å². The van der Waals surface area contributed by atoms with Gasteiger partial charge in [0.15, 0.2) is 11.5 Å². The maximum absolute atomic E-state index is 12.5. The summed E-state index contributed by atoms with van der Waals surface area (Å²) in [5.74, 6) is 4.15. The molecule has 1 heterocycles. The van der Waals surface area contributed by atoms with Crippen molar-refractivity contribution in [1.29, 1.82) is 0 Å². The molecule has 0 unspecified atom stereocenters. The number of amides is 1. The van der Waals surface area contributed by atoms with Gasteiger partial charge in [-0.15, -0.1) is 6.42 Å². The third-order valence-electron chi connectivity index (χ3n) is 4.13. The van der Waals surface area contributed by atoms with Crippen LogP contribution in [0.5, 0.6) is 17.2 Å². The molecule has 0 aliphatic heterocycles. The molecule has 0 spiro atoms. The summed E-state index contributed by atoms with van der Waals surface area (Å²) < 4.78 is 21.8. The van der Waals surface area contributed by atoms with Gasteiger partial charge in [0.2, 0.25) is 5.89 Å². The summed E-state index contributed by atoms with van der Waals surface area (Å²) >= 11 is 0. The van der Waals surface area contributed by atoms with E-state index < -0.39 is 0 Å². The van der Waals surface area contributed by atoms with Crippen LogP contribution < -0.4 is 19.5 Å². The predicted octanol–water partition coefficient (Wildman–Crippen LogP) is 3.69. The first-order valence-corrected chi connectivity index (χ1v) is 9.35. The maximum atomic E-state index is 12.5. The Morgan fingerprint density at radius 3 is 2.77 bits per heavy atom. The Balaban J connectivity index is 1.70. The van der Waals surface area contributed by atoms with Crippen molar-refractivity contribution >= 4 is 5.91 Å². The number of terminal acetylenes is 1. The number of methoxy groups -OCH3 is 1. The molecule has 1 N–H and O–H groups in total. The van der Waals surface area contributed by atoms with E-state index in [1.807, 2.05) is 13.0 Å². The molecule has 7 nitrogen and oxygen atoms in total. The van der Waals surface area contributed by atoms with E-state index in [1.54, 1.807) is 43.5 Å². The Morgan fingerprint density at radius 2 is 2.00 bits per heavy atom. The van der Waals surface area contributed by atoms with Gasteiger partial charge in [-0.2, -0.15) is 0 Å². The molecule has 154 valence electrons. The van der Waals surface area contributed by atoms with E-state index in [4.69, 9.17) is 25.1 Å². The molecule has 3 aromatic rings. The molecule has 3 rings (SSSR count). The lowest BCUT2D eigenvalue weighted by Crippen LogP contribution is -2.23. The zero-order valence-corrected chi connectivity index (χ0v) is 16.8. The maximum Gasteiger partial charge on any atom is 0.255 e. The standard InChI is InChI=1S/C23H22N2O5/c1-4-12-29-21-13-16(10-11-20(21)27-3)23-25-17(15-30-23)14-24-22(26)18-8-6-7-9-19(18)28-5-2/h1,6-11,13,15H,5,12,14H2,2-3H3,(H,24,26). The summed E-state index contributed by atoms with van der Waals surface area (Å²) in [5, 5.41) is 2.83. The predicted molar refractivity (Wildman–Crippen MR) is 112 cm³/mol. The minimum Gasteiger partial charge on any atom is -0.493 e. The molecule has 0 saturated carbocycles. The zero-order valence-electron chi connectivity index (χ0n) is 16.8. The summed E-state index contributed by atoms with van der Waals surface area (Å²) in [5.41, 5.74) is 1.74. The molecule has 0 bridgehead atoms. The normalized spacial score (nSPS) is 10.2. The highest BCUT2D eigenvalue weighted by molar-refractivity contribution is 5.96. The number of hydrogen-bond donors (Lipinski definition) is 1. The third kappa shape index (κ3) is 4.92. The topological polar surface area (TPSA) is 82.8 Å². The van der Waals surface area contributed by atoms with Crippen LogP contribution in [-0.2, 0) is 6.54 Å². The van der Waals surface area contributed by atoms with Crippen LogP contribution in [0.15, 0.2) is 53.1 Å². The fourth-order valence-corrected chi connectivity index (χ4v) is 2.76. The van der Waals surface area contributed by atoms with Crippen molar-refractivity contribution < 1.29 is 23.4 Å². The van der Waals surface area contributed by atoms with Crippen molar-refractivity contribution in [3.63, 3.8) is 0 Å². The summed E-state index contributed by atoms with van der Waals surface area (Å²) in [6.45, 7) is 2.67. The second-order valence-electron chi connectivity index (χ2n) is 6.11. The summed E-state index contributed by atoms with van der Waals surface area (Å²) in [7, 11) is 1.55. The minimum atomic E-state index is -0.252. The molecular weight excluding hydrogens is 384 g/mol. The van der Waals surface area contributed by atoms with Crippen molar-refractivity contribution in [2.24, 2.45) is 0 Å². The number of carbonyl (C=O) groups excluding carboxylic acids is 1. The van der Waals surface area contributed by atoms with E-state index in [1.165, 1.54) is 6.26 Å². The molecule has 7 heteroatoms. The number of carbonyl (C=O) groups is 1. The lowest BCUT2D eigenvalue weighted by atomic mass is 10.2. The van der Waals surface area contributed by atoms with Crippen LogP contribution in [0.1, 0.15) is 23.0 Å². The number of benzene rings is 2. The van der Waals surface area contributed by atoms with E-state index in [0.717, 1.165) is 0 Å². The van der Waals surface area contributed by atoms with Gasteiger partial charge in [-0.1, -0.05) is 18.1 Å². The second kappa shape index (κ2) is 10.0. The Bertz CT molecular complexity index is 1050. The Morgan fingerprint density at radius 1 is 1.17 bits per heavy atom. The lowest BCUT2D eigenvalue weighted by Gasteiger charge is -2.09. The van der Waals surface area contributed by atoms with Gasteiger partial charge in [-0.05, 0) is 37.3 Å². The quantitative estimate of drug-likeness (QED) is 0.546. The Hall–Kier alpha value is -3.92. The van der Waals surface area contributed by atoms with Gasteiger partial charge in [0.25, 0.3) is 5.91 Å². The molecule has 0 fully saturated rings. The van der Waals surface area contributed by atoms with Gasteiger partial charge in [-0.25, -0.2) is 4.98 Å². The molecule has 0 saturated heterocycles. The van der Waals surface area contributed by atoms with Gasteiger partial charge < -0.3 is 23.9 Å². The van der Waals surface area contributed by atoms with Gasteiger partial charge in [-0.3, -0.25) is 4.79 Å². The Labute approximate surface area is 175 Å². The SMILES string of the molecule is C#CCOc1cc(-c2nc(CNC(=O)c3ccccc3OCC)co2)ccc1OC. The molecule has 1 amide bonds. The average molecular weight is 406 g/mol. The first-order valence-electron chi connectivity index (χ1n) is 9.35. The van der Waals surface area contributed by atoms with Crippen LogP contribution in [0.25, 0.3) is 11.5 Å². The number of hydrogen-bond acceptors (Lipinski definition) is 6. The highest BCUT2D eigenvalue weighted by Gasteiger charge is 2.14. The molecule has 0 radical (unpaired) electrons. The highest BCUT2D eigenvalue weighted by Crippen LogP contribution is 2.32. The van der Waals surface area contributed by atoms with Crippen molar-refractivity contribution in [2.75, 3.05) is 20.3 Å². The summed E-state index contributed by atoms with van der Waals surface area (Å²) in [4.78, 5) is 16.9. The zero-order chi connectivity index (χ0) is 21.3. The monoisotopic (exact) mass is 406 g/mol. The number of nitrogens with zero attached hydrogens (tertiary/aromatic N) is 1. The summed E-state index contributed by atoms with van der Waals surface area (Å²) in [6.07, 6.45) is 6.75. The first-order chi connectivity index (χ1) is 14.7. The van der Waals surface area contributed by atoms with Gasteiger partial charge >= 0.3 is 0 Å². The highest BCUT2D eigenvalue weighted by atomic mass is 16.5. The average Bonchev–Trinajstić information content (AvgIpc) is 3.25. The van der Waals surface area contributed by atoms with E-state index >= 15 is 0 Å². The third-order valence-corrected chi connectivity index (χ3v) is 4.13. The van der Waals surface area contributed by atoms with E-state index in [-0.39, 0.29) is 19.1 Å². The molecule has 1 aromatic heterocycles. The van der Waals surface area contributed by atoms with Crippen molar-refractivity contribution in [3.8, 4) is 41.0 Å². The fraction of sp³-hybridized carbons (Fsp3) is 0.217. The van der Waals surface area contributed by atoms with Gasteiger partial charge in [0.05, 0.1) is 31.5 Å². The van der Waals surface area contributed by atoms with Crippen molar-refractivity contribution in [1.82, 2.24) is 10.3 Å². The lowest BCUT2D eigenvalue weighted by molar-refractivity contribution is 0.0946. The van der Waals surface area contributed by atoms with E-state index in [2.05, 4.69) is 16.2 Å². The molecule has 2 aromatic carbocycles. The van der Waals surface area contributed by atoms with Crippen LogP contribution in [0, 0.1) is 12.3 Å². The molecule has 0 atom stereocenters. The molecule has 0 aliphatic rings. The number of para-hydroxylation sites is 1. The molecule has 30 heavy (non-hydrogen) atoms. The van der Waals surface area contributed by atoms with Crippen LogP contribution in [0.4, 0.5) is 0 Å². The van der Waals surface area contributed by atoms with Gasteiger partial charge in [0, 0.05) is 5.56 Å². The van der Waals surface area contributed by atoms with E-state index in [0.29, 0.717) is 46.6 Å². The number of aromatic nitrogens is 1. The second-order valence-corrected chi connectivity index (χ2v) is 6.11. The number of rotatable bonds is 9. The number of ether oxygens (including phenoxy) is 3. The largest absolute Gasteiger partial charge is 0.493 e. The molecular formula is C23H22N2O5. The fourth-order valence-electron chi connectivity index (χ4n) is 2.76.